The van der Waals surface area contributed by atoms with Gasteiger partial charge in [0.2, 0.25) is 0 Å². The van der Waals surface area contributed by atoms with E-state index in [1.807, 2.05) is 0 Å². The average molecular weight is 253 g/mol. The summed E-state index contributed by atoms with van der Waals surface area (Å²) < 4.78 is 20.2. The molecule has 7 heteroatoms. The molecule has 1 rings (SSSR count). The summed E-state index contributed by atoms with van der Waals surface area (Å²) in [4.78, 5) is 0. The van der Waals surface area contributed by atoms with E-state index in [9.17, 15) is 4.57 Å². The molecule has 0 aromatic rings. The highest BCUT2D eigenvalue weighted by Crippen LogP contribution is 2.26. The Morgan fingerprint density at radius 3 is 1.94 bits per heavy atom. The van der Waals surface area contributed by atoms with Gasteiger partial charge in [-0.1, -0.05) is 0 Å². The van der Waals surface area contributed by atoms with E-state index in [-0.39, 0.29) is 0 Å². The first-order valence-electron chi connectivity index (χ1n) is 5.71. The third-order valence-electron chi connectivity index (χ3n) is 1.87. The van der Waals surface area contributed by atoms with Crippen LogP contribution >= 0.6 is 8.25 Å². The summed E-state index contributed by atoms with van der Waals surface area (Å²) >= 11 is 0. The van der Waals surface area contributed by atoms with Crippen molar-refractivity contribution in [2.75, 3.05) is 39.4 Å². The Kier molecular flexibility index (Phi) is 13.1. The first-order valence-corrected chi connectivity index (χ1v) is 6.94. The summed E-state index contributed by atoms with van der Waals surface area (Å²) in [5.41, 5.74) is 10.3. The molecule has 1 aliphatic rings. The van der Waals surface area contributed by atoms with Crippen LogP contribution in [0, 0.1) is 0 Å². The molecule has 0 unspecified atom stereocenters. The van der Waals surface area contributed by atoms with E-state index in [0.717, 1.165) is 32.4 Å². The molecule has 1 saturated heterocycles. The maximum absolute atomic E-state index is 10.6. The Morgan fingerprint density at radius 1 is 1.00 bits per heavy atom. The highest BCUT2D eigenvalue weighted by Gasteiger charge is 2.02. The maximum Gasteiger partial charge on any atom is 0.319 e. The van der Waals surface area contributed by atoms with Crippen LogP contribution in [0.15, 0.2) is 0 Å². The standard InChI is InChI=1S/C5H11O3P.C4H13N3/c6-9-7-4-2-1-3-5-8-9;5-1-3-7-4-2-6/h9H,1-5H2;7H,1-6H2. The summed E-state index contributed by atoms with van der Waals surface area (Å²) in [5.74, 6) is 0. The van der Waals surface area contributed by atoms with Gasteiger partial charge in [-0.3, -0.25) is 4.57 Å². The number of nitrogens with two attached hydrogens (primary N) is 2. The molecule has 0 radical (unpaired) electrons. The fraction of sp³-hybridized carbons (Fsp3) is 1.00. The second-order valence-electron chi connectivity index (χ2n) is 3.33. The van der Waals surface area contributed by atoms with E-state index in [0.29, 0.717) is 26.3 Å². The topological polar surface area (TPSA) is 99.6 Å². The Bertz CT molecular complexity index is 158. The minimum atomic E-state index is -2.10. The zero-order chi connectivity index (χ0) is 12.1. The number of hydrogen-bond donors (Lipinski definition) is 3. The van der Waals surface area contributed by atoms with Crippen LogP contribution in [-0.4, -0.2) is 39.4 Å². The first-order chi connectivity index (χ1) is 7.81. The molecule has 0 aromatic carbocycles. The minimum Gasteiger partial charge on any atom is -0.329 e. The molecule has 0 spiro atoms. The van der Waals surface area contributed by atoms with E-state index in [1.54, 1.807) is 0 Å². The van der Waals surface area contributed by atoms with Gasteiger partial charge in [0.05, 0.1) is 13.2 Å². The van der Waals surface area contributed by atoms with Crippen LogP contribution in [-0.2, 0) is 13.6 Å². The molecule has 0 bridgehead atoms. The van der Waals surface area contributed by atoms with Gasteiger partial charge in [-0.05, 0) is 19.3 Å². The van der Waals surface area contributed by atoms with Gasteiger partial charge in [-0.25, -0.2) is 0 Å². The van der Waals surface area contributed by atoms with Gasteiger partial charge in [0.15, 0.2) is 0 Å². The van der Waals surface area contributed by atoms with Gasteiger partial charge in [0.1, 0.15) is 0 Å². The van der Waals surface area contributed by atoms with E-state index >= 15 is 0 Å². The van der Waals surface area contributed by atoms with Crippen LogP contribution in [0.3, 0.4) is 0 Å². The molecule has 0 saturated carbocycles. The van der Waals surface area contributed by atoms with Crippen molar-refractivity contribution in [1.29, 1.82) is 0 Å². The van der Waals surface area contributed by atoms with Gasteiger partial charge in [-0.2, -0.15) is 0 Å². The summed E-state index contributed by atoms with van der Waals surface area (Å²) in [6, 6.07) is 0. The molecule has 1 aliphatic heterocycles. The lowest BCUT2D eigenvalue weighted by Gasteiger charge is -2.08. The molecule has 1 fully saturated rings. The monoisotopic (exact) mass is 253 g/mol. The van der Waals surface area contributed by atoms with Crippen LogP contribution in [0.25, 0.3) is 0 Å². The van der Waals surface area contributed by atoms with E-state index in [2.05, 4.69) is 5.32 Å². The lowest BCUT2D eigenvalue weighted by molar-refractivity contribution is 0.198. The van der Waals surface area contributed by atoms with Crippen molar-refractivity contribution in [3.8, 4) is 0 Å². The molecular weight excluding hydrogens is 229 g/mol. The van der Waals surface area contributed by atoms with E-state index < -0.39 is 8.25 Å². The smallest absolute Gasteiger partial charge is 0.319 e. The summed E-state index contributed by atoms with van der Waals surface area (Å²) in [6.45, 7) is 4.32. The van der Waals surface area contributed by atoms with Gasteiger partial charge in [0.25, 0.3) is 0 Å². The van der Waals surface area contributed by atoms with Crippen molar-refractivity contribution in [2.24, 2.45) is 11.5 Å². The molecule has 6 nitrogen and oxygen atoms in total. The van der Waals surface area contributed by atoms with Crippen molar-refractivity contribution in [2.45, 2.75) is 19.3 Å². The van der Waals surface area contributed by atoms with Crippen LogP contribution < -0.4 is 16.8 Å². The highest BCUT2D eigenvalue weighted by atomic mass is 31.1. The summed E-state index contributed by atoms with van der Waals surface area (Å²) in [5, 5.41) is 3.03. The number of hydrogen-bond acceptors (Lipinski definition) is 6. The van der Waals surface area contributed by atoms with E-state index in [4.69, 9.17) is 20.5 Å². The van der Waals surface area contributed by atoms with Gasteiger partial charge in [0, 0.05) is 26.2 Å². The fourth-order valence-electron chi connectivity index (χ4n) is 1.06. The molecular formula is C9H24N3O3P. The molecule has 5 N–H and O–H groups in total. The predicted octanol–water partition coefficient (Wildman–Crippen LogP) is 0.0866. The van der Waals surface area contributed by atoms with Crippen molar-refractivity contribution in [1.82, 2.24) is 5.32 Å². The van der Waals surface area contributed by atoms with Crippen LogP contribution in [0.4, 0.5) is 0 Å². The second-order valence-corrected chi connectivity index (χ2v) is 4.41. The van der Waals surface area contributed by atoms with Crippen molar-refractivity contribution >= 4 is 8.25 Å². The molecule has 1 heterocycles. The largest absolute Gasteiger partial charge is 0.329 e. The number of rotatable bonds is 4. The average Bonchev–Trinajstić information content (AvgIpc) is 2.25. The first kappa shape index (κ1) is 16.0. The third kappa shape index (κ3) is 12.1. The fourth-order valence-corrected chi connectivity index (χ4v) is 1.77. The van der Waals surface area contributed by atoms with Gasteiger partial charge in [-0.15, -0.1) is 0 Å². The Hall–Kier alpha value is 0.0300. The van der Waals surface area contributed by atoms with Gasteiger partial charge < -0.3 is 25.8 Å². The maximum atomic E-state index is 10.6. The Morgan fingerprint density at radius 2 is 1.50 bits per heavy atom. The van der Waals surface area contributed by atoms with Crippen molar-refractivity contribution < 1.29 is 13.6 Å². The molecule has 0 aliphatic carbocycles. The summed E-state index contributed by atoms with van der Waals surface area (Å²) in [6.07, 6.45) is 3.15. The van der Waals surface area contributed by atoms with Crippen LogP contribution in [0.5, 0.6) is 0 Å². The Labute approximate surface area is 98.0 Å². The Balaban J connectivity index is 0.000000293. The molecule has 98 valence electrons. The predicted molar refractivity (Wildman–Crippen MR) is 65.7 cm³/mol. The second kappa shape index (κ2) is 13.1. The highest BCUT2D eigenvalue weighted by molar-refractivity contribution is 7.33. The van der Waals surface area contributed by atoms with E-state index in [1.165, 1.54) is 0 Å². The SMILES string of the molecule is NCCNCCN.O=[PH]1OCCCCCO1. The van der Waals surface area contributed by atoms with Crippen LogP contribution in [0.2, 0.25) is 0 Å². The lowest BCUT2D eigenvalue weighted by Crippen LogP contribution is -2.27. The lowest BCUT2D eigenvalue weighted by atomic mass is 10.2. The normalized spacial score (nSPS) is 18.1. The third-order valence-corrected chi connectivity index (χ3v) is 2.75. The minimum absolute atomic E-state index is 0.595. The molecule has 16 heavy (non-hydrogen) atoms. The molecule has 0 aromatic heterocycles. The zero-order valence-corrected chi connectivity index (χ0v) is 10.7. The van der Waals surface area contributed by atoms with Crippen molar-refractivity contribution in [3.05, 3.63) is 0 Å². The molecule has 0 atom stereocenters. The van der Waals surface area contributed by atoms with Crippen molar-refractivity contribution in [3.63, 3.8) is 0 Å². The number of nitrogens with one attached hydrogen (secondary N) is 1. The summed E-state index contributed by atoms with van der Waals surface area (Å²) in [7, 11) is -2.10. The molecule has 0 amide bonds. The van der Waals surface area contributed by atoms with Gasteiger partial charge >= 0.3 is 8.25 Å². The zero-order valence-electron chi connectivity index (χ0n) is 9.74. The van der Waals surface area contributed by atoms with Crippen LogP contribution in [0.1, 0.15) is 19.3 Å². The quantitative estimate of drug-likeness (QED) is 0.485.